The second-order valence-electron chi connectivity index (χ2n) is 3.57. The van der Waals surface area contributed by atoms with E-state index in [1.54, 1.807) is 12.1 Å². The summed E-state index contributed by atoms with van der Waals surface area (Å²) < 4.78 is 18.4. The quantitative estimate of drug-likeness (QED) is 0.910. The van der Waals surface area contributed by atoms with Crippen molar-refractivity contribution in [2.45, 2.75) is 20.1 Å². The van der Waals surface area contributed by atoms with Crippen molar-refractivity contribution in [2.75, 3.05) is 0 Å². The third kappa shape index (κ3) is 3.01. The van der Waals surface area contributed by atoms with Crippen LogP contribution in [0.3, 0.4) is 0 Å². The van der Waals surface area contributed by atoms with E-state index in [9.17, 15) is 4.39 Å². The van der Waals surface area contributed by atoms with Gasteiger partial charge in [-0.25, -0.2) is 9.37 Å². The molecule has 0 aliphatic heterocycles. The van der Waals surface area contributed by atoms with E-state index < -0.39 is 0 Å². The van der Waals surface area contributed by atoms with Gasteiger partial charge in [0.2, 0.25) is 0 Å². The lowest BCUT2D eigenvalue weighted by molar-refractivity contribution is 0.304. The zero-order valence-electron chi connectivity index (χ0n) is 9.44. The summed E-state index contributed by atoms with van der Waals surface area (Å²) in [5.74, 6) is 0.201. The van der Waals surface area contributed by atoms with E-state index in [2.05, 4.69) is 4.98 Å². The van der Waals surface area contributed by atoms with Crippen LogP contribution in [0, 0.1) is 12.7 Å². The van der Waals surface area contributed by atoms with Crippen molar-refractivity contribution in [2.24, 2.45) is 5.73 Å². The normalized spacial score (nSPS) is 10.5. The van der Waals surface area contributed by atoms with Crippen molar-refractivity contribution in [3.63, 3.8) is 0 Å². The predicted octanol–water partition coefficient (Wildman–Crippen LogP) is 2.63. The van der Waals surface area contributed by atoms with Crippen LogP contribution in [-0.4, -0.2) is 4.98 Å². The smallest absolute Gasteiger partial charge is 0.140 e. The summed E-state index contributed by atoms with van der Waals surface area (Å²) in [6.07, 6.45) is 0. The van der Waals surface area contributed by atoms with Gasteiger partial charge in [-0.1, -0.05) is 6.07 Å². The van der Waals surface area contributed by atoms with Crippen LogP contribution in [0.4, 0.5) is 4.39 Å². The van der Waals surface area contributed by atoms with Crippen molar-refractivity contribution in [1.29, 1.82) is 0 Å². The van der Waals surface area contributed by atoms with E-state index in [1.165, 1.54) is 23.5 Å². The Morgan fingerprint density at radius 1 is 1.47 bits per heavy atom. The molecule has 0 aliphatic carbocycles. The Balaban J connectivity index is 2.02. The maximum Gasteiger partial charge on any atom is 0.140 e. The van der Waals surface area contributed by atoms with Gasteiger partial charge in [-0.2, -0.15) is 0 Å². The van der Waals surface area contributed by atoms with Crippen molar-refractivity contribution in [3.8, 4) is 5.75 Å². The molecule has 0 radical (unpaired) electrons. The van der Waals surface area contributed by atoms with Gasteiger partial charge in [-0.15, -0.1) is 11.3 Å². The monoisotopic (exact) mass is 252 g/mol. The van der Waals surface area contributed by atoms with Crippen LogP contribution < -0.4 is 10.5 Å². The molecule has 0 saturated carbocycles. The molecule has 2 N–H and O–H groups in total. The van der Waals surface area contributed by atoms with Gasteiger partial charge in [-0.3, -0.25) is 0 Å². The Morgan fingerprint density at radius 3 is 2.94 bits per heavy atom. The number of thiazole rings is 1. The molecular formula is C12H13FN2OS. The summed E-state index contributed by atoms with van der Waals surface area (Å²) in [4.78, 5) is 5.40. The molecule has 0 unspecified atom stereocenters. The summed E-state index contributed by atoms with van der Waals surface area (Å²) in [7, 11) is 0. The summed E-state index contributed by atoms with van der Waals surface area (Å²) in [5.41, 5.74) is 6.51. The fourth-order valence-corrected chi connectivity index (χ4v) is 2.30. The topological polar surface area (TPSA) is 48.1 Å². The van der Waals surface area contributed by atoms with Gasteiger partial charge < -0.3 is 10.5 Å². The van der Waals surface area contributed by atoms with Crippen LogP contribution in [-0.2, 0) is 13.2 Å². The van der Waals surface area contributed by atoms with Gasteiger partial charge in [0.1, 0.15) is 23.2 Å². The molecule has 0 atom stereocenters. The van der Waals surface area contributed by atoms with Crippen LogP contribution in [0.2, 0.25) is 0 Å². The average molecular weight is 252 g/mol. The average Bonchev–Trinajstić information content (AvgIpc) is 2.67. The van der Waals surface area contributed by atoms with E-state index in [0.29, 0.717) is 18.9 Å². The first-order valence-corrected chi connectivity index (χ1v) is 6.04. The third-order valence-corrected chi connectivity index (χ3v) is 3.43. The number of ether oxygens (including phenoxy) is 1. The third-order valence-electron chi connectivity index (χ3n) is 2.28. The Bertz CT molecular complexity index is 513. The second kappa shape index (κ2) is 5.25. The van der Waals surface area contributed by atoms with Crippen LogP contribution >= 0.6 is 11.3 Å². The Labute approximate surface area is 103 Å². The number of aryl methyl sites for hydroxylation is 1. The fourth-order valence-electron chi connectivity index (χ4n) is 1.44. The molecule has 1 aromatic carbocycles. The highest BCUT2D eigenvalue weighted by Crippen LogP contribution is 2.20. The predicted molar refractivity (Wildman–Crippen MR) is 65.5 cm³/mol. The highest BCUT2D eigenvalue weighted by Gasteiger charge is 2.06. The van der Waals surface area contributed by atoms with E-state index in [-0.39, 0.29) is 5.82 Å². The molecule has 5 heteroatoms. The highest BCUT2D eigenvalue weighted by molar-refractivity contribution is 7.11. The molecule has 1 heterocycles. The molecule has 0 fully saturated rings. The van der Waals surface area contributed by atoms with Crippen molar-refractivity contribution in [3.05, 3.63) is 45.7 Å². The number of halogens is 1. The fraction of sp³-hybridized carbons (Fsp3) is 0.250. The number of hydrogen-bond acceptors (Lipinski definition) is 4. The standard InChI is InChI=1S/C12H13FN2OS/c1-8-11(6-14)17-12(15-8)7-16-10-4-2-3-9(13)5-10/h2-5H,6-7,14H2,1H3. The number of hydrogen-bond donors (Lipinski definition) is 1. The molecule has 0 saturated heterocycles. The van der Waals surface area contributed by atoms with Crippen LogP contribution in [0.1, 0.15) is 15.6 Å². The zero-order chi connectivity index (χ0) is 12.3. The SMILES string of the molecule is Cc1nc(COc2cccc(F)c2)sc1CN. The molecule has 0 bridgehead atoms. The Kier molecular flexibility index (Phi) is 3.71. The molecule has 0 amide bonds. The second-order valence-corrected chi connectivity index (χ2v) is 4.73. The van der Waals surface area contributed by atoms with E-state index in [0.717, 1.165) is 15.6 Å². The highest BCUT2D eigenvalue weighted by atomic mass is 32.1. The molecule has 0 aliphatic rings. The minimum Gasteiger partial charge on any atom is -0.486 e. The Morgan fingerprint density at radius 2 is 2.29 bits per heavy atom. The van der Waals surface area contributed by atoms with Crippen molar-refractivity contribution < 1.29 is 9.13 Å². The molecule has 17 heavy (non-hydrogen) atoms. The molecule has 2 rings (SSSR count). The van der Waals surface area contributed by atoms with E-state index >= 15 is 0 Å². The maximum atomic E-state index is 12.9. The van der Waals surface area contributed by atoms with Gasteiger partial charge in [0.05, 0.1) is 5.69 Å². The number of rotatable bonds is 4. The number of benzene rings is 1. The molecule has 1 aromatic heterocycles. The summed E-state index contributed by atoms with van der Waals surface area (Å²) in [6, 6.07) is 6.06. The van der Waals surface area contributed by atoms with Gasteiger partial charge in [0, 0.05) is 17.5 Å². The summed E-state index contributed by atoms with van der Waals surface area (Å²) in [6.45, 7) is 2.75. The molecular weight excluding hydrogens is 239 g/mol. The lowest BCUT2D eigenvalue weighted by Gasteiger charge is -2.03. The van der Waals surface area contributed by atoms with Gasteiger partial charge in [0.25, 0.3) is 0 Å². The molecule has 90 valence electrons. The first-order valence-electron chi connectivity index (χ1n) is 5.22. The minimum atomic E-state index is -0.305. The van der Waals surface area contributed by atoms with Gasteiger partial charge in [-0.05, 0) is 19.1 Å². The van der Waals surface area contributed by atoms with Gasteiger partial charge >= 0.3 is 0 Å². The number of nitrogens with two attached hydrogens (primary N) is 1. The molecule has 0 spiro atoms. The molecule has 2 aromatic rings. The minimum absolute atomic E-state index is 0.305. The largest absolute Gasteiger partial charge is 0.486 e. The molecule has 3 nitrogen and oxygen atoms in total. The summed E-state index contributed by atoms with van der Waals surface area (Å²) in [5, 5.41) is 0.854. The zero-order valence-corrected chi connectivity index (χ0v) is 10.3. The van der Waals surface area contributed by atoms with Crippen LogP contribution in [0.15, 0.2) is 24.3 Å². The van der Waals surface area contributed by atoms with Gasteiger partial charge in [0.15, 0.2) is 0 Å². The van der Waals surface area contributed by atoms with Crippen molar-refractivity contribution >= 4 is 11.3 Å². The number of aromatic nitrogens is 1. The van der Waals surface area contributed by atoms with Crippen molar-refractivity contribution in [1.82, 2.24) is 4.98 Å². The first-order chi connectivity index (χ1) is 8.19. The van der Waals surface area contributed by atoms with Crippen LogP contribution in [0.5, 0.6) is 5.75 Å². The van der Waals surface area contributed by atoms with E-state index in [4.69, 9.17) is 10.5 Å². The first kappa shape index (κ1) is 12.0. The lowest BCUT2D eigenvalue weighted by atomic mass is 10.3. The number of nitrogens with zero attached hydrogens (tertiary/aromatic N) is 1. The summed E-state index contributed by atoms with van der Waals surface area (Å²) >= 11 is 1.53. The Hall–Kier alpha value is -1.46. The van der Waals surface area contributed by atoms with E-state index in [1.807, 2.05) is 6.92 Å². The lowest BCUT2D eigenvalue weighted by Crippen LogP contribution is -1.95. The van der Waals surface area contributed by atoms with Crippen LogP contribution in [0.25, 0.3) is 0 Å². The maximum absolute atomic E-state index is 12.9.